The number of carbonyl (C=O) groups excluding carboxylic acids is 3. The van der Waals surface area contributed by atoms with E-state index in [4.69, 9.17) is 0 Å². The van der Waals surface area contributed by atoms with Gasteiger partial charge in [0.2, 0.25) is 0 Å². The summed E-state index contributed by atoms with van der Waals surface area (Å²) in [5, 5.41) is 20.7. The summed E-state index contributed by atoms with van der Waals surface area (Å²) in [4.78, 5) is 37.3. The second-order valence-corrected chi connectivity index (χ2v) is 7.24. The highest BCUT2D eigenvalue weighted by Gasteiger charge is 2.18. The van der Waals surface area contributed by atoms with Gasteiger partial charge in [0.05, 0.1) is 17.5 Å². The predicted octanol–water partition coefficient (Wildman–Crippen LogP) is 3.89. The van der Waals surface area contributed by atoms with Gasteiger partial charge in [-0.1, -0.05) is 60.7 Å². The van der Waals surface area contributed by atoms with Crippen LogP contribution in [0.4, 0.5) is 11.4 Å². The van der Waals surface area contributed by atoms with Gasteiger partial charge in [-0.2, -0.15) is 5.10 Å². The first-order valence-corrected chi connectivity index (χ1v) is 10.3. The molecule has 0 saturated carbocycles. The van der Waals surface area contributed by atoms with E-state index in [2.05, 4.69) is 21.2 Å². The molecule has 0 atom stereocenters. The quantitative estimate of drug-likeness (QED) is 0.209. The van der Waals surface area contributed by atoms with Crippen LogP contribution in [0, 0.1) is 0 Å². The minimum Gasteiger partial charge on any atom is -0.507 e. The summed E-state index contributed by atoms with van der Waals surface area (Å²) in [7, 11) is 0. The SMILES string of the molecule is O=C(NN=Cc1c(O)ccc2ccccc12)C(=O)Nc1ccccc1C(=O)Nc1ccccc1. The minimum atomic E-state index is -1.03. The summed E-state index contributed by atoms with van der Waals surface area (Å²) >= 11 is 0. The molecule has 8 nitrogen and oxygen atoms in total. The first-order chi connectivity index (χ1) is 16.5. The maximum Gasteiger partial charge on any atom is 0.329 e. The van der Waals surface area contributed by atoms with Gasteiger partial charge < -0.3 is 15.7 Å². The molecule has 4 N–H and O–H groups in total. The van der Waals surface area contributed by atoms with Crippen molar-refractivity contribution >= 4 is 46.1 Å². The Morgan fingerprint density at radius 3 is 2.26 bits per heavy atom. The highest BCUT2D eigenvalue weighted by Crippen LogP contribution is 2.25. The van der Waals surface area contributed by atoms with E-state index < -0.39 is 17.7 Å². The lowest BCUT2D eigenvalue weighted by atomic mass is 10.0. The number of phenolic OH excluding ortho intramolecular Hbond substituents is 1. The van der Waals surface area contributed by atoms with Crippen molar-refractivity contribution in [2.75, 3.05) is 10.6 Å². The fraction of sp³-hybridized carbons (Fsp3) is 0. The summed E-state index contributed by atoms with van der Waals surface area (Å²) in [5.41, 5.74) is 3.50. The number of hydrogen-bond acceptors (Lipinski definition) is 5. The van der Waals surface area contributed by atoms with Crippen LogP contribution in [-0.4, -0.2) is 29.0 Å². The molecule has 4 aromatic carbocycles. The van der Waals surface area contributed by atoms with Crippen LogP contribution >= 0.6 is 0 Å². The number of para-hydroxylation sites is 2. The Kier molecular flexibility index (Phi) is 6.60. The first-order valence-electron chi connectivity index (χ1n) is 10.3. The molecule has 0 heterocycles. The molecule has 0 fully saturated rings. The molecule has 3 amide bonds. The van der Waals surface area contributed by atoms with Crippen molar-refractivity contribution in [3.8, 4) is 5.75 Å². The fourth-order valence-corrected chi connectivity index (χ4v) is 3.32. The highest BCUT2D eigenvalue weighted by molar-refractivity contribution is 6.40. The largest absolute Gasteiger partial charge is 0.507 e. The van der Waals surface area contributed by atoms with Crippen LogP contribution in [0.5, 0.6) is 5.75 Å². The van der Waals surface area contributed by atoms with Crippen LogP contribution in [0.2, 0.25) is 0 Å². The third-order valence-electron chi connectivity index (χ3n) is 4.97. The lowest BCUT2D eigenvalue weighted by Gasteiger charge is -2.11. The molecule has 0 aromatic heterocycles. The molecule has 168 valence electrons. The second kappa shape index (κ2) is 10.1. The number of nitrogens with one attached hydrogen (secondary N) is 3. The Morgan fingerprint density at radius 2 is 1.44 bits per heavy atom. The van der Waals surface area contributed by atoms with Gasteiger partial charge in [-0.3, -0.25) is 14.4 Å². The monoisotopic (exact) mass is 452 g/mol. The predicted molar refractivity (Wildman–Crippen MR) is 131 cm³/mol. The number of hydrazone groups is 1. The summed E-state index contributed by atoms with van der Waals surface area (Å²) in [6.07, 6.45) is 1.27. The number of aromatic hydroxyl groups is 1. The third kappa shape index (κ3) is 5.08. The Balaban J connectivity index is 1.44. The molecular formula is C26H20N4O4. The van der Waals surface area contributed by atoms with Crippen LogP contribution in [0.25, 0.3) is 10.8 Å². The minimum absolute atomic E-state index is 0.0143. The fourth-order valence-electron chi connectivity index (χ4n) is 3.32. The molecule has 0 aliphatic carbocycles. The third-order valence-corrected chi connectivity index (χ3v) is 4.97. The van der Waals surface area contributed by atoms with Crippen LogP contribution in [0.3, 0.4) is 0 Å². The van der Waals surface area contributed by atoms with E-state index in [0.717, 1.165) is 10.8 Å². The van der Waals surface area contributed by atoms with Crippen molar-refractivity contribution < 1.29 is 19.5 Å². The number of carbonyl (C=O) groups is 3. The number of benzene rings is 4. The zero-order valence-electron chi connectivity index (χ0n) is 17.9. The zero-order valence-corrected chi connectivity index (χ0v) is 17.9. The van der Waals surface area contributed by atoms with Gasteiger partial charge in [0.1, 0.15) is 5.75 Å². The van der Waals surface area contributed by atoms with Crippen molar-refractivity contribution in [1.29, 1.82) is 0 Å². The average Bonchev–Trinajstić information content (AvgIpc) is 2.86. The standard InChI is InChI=1S/C26H20N4O4/c31-23-15-14-17-8-4-5-11-19(17)21(23)16-27-30-26(34)25(33)29-22-13-7-6-12-20(22)24(32)28-18-9-2-1-3-10-18/h1-16,31H,(H,28,32)(H,29,33)(H,30,34). The number of fused-ring (bicyclic) bond motifs is 1. The Labute approximate surface area is 194 Å². The summed E-state index contributed by atoms with van der Waals surface area (Å²) in [5.74, 6) is -2.49. The van der Waals surface area contributed by atoms with Crippen molar-refractivity contribution in [1.82, 2.24) is 5.43 Å². The number of amides is 3. The second-order valence-electron chi connectivity index (χ2n) is 7.24. The Bertz CT molecular complexity index is 1400. The maximum atomic E-state index is 12.6. The van der Waals surface area contributed by atoms with Gasteiger partial charge in [0.15, 0.2) is 0 Å². The lowest BCUT2D eigenvalue weighted by Crippen LogP contribution is -2.33. The summed E-state index contributed by atoms with van der Waals surface area (Å²) < 4.78 is 0. The molecule has 0 saturated heterocycles. The first kappa shape index (κ1) is 22.2. The molecule has 0 aliphatic heterocycles. The van der Waals surface area contributed by atoms with Crippen LogP contribution < -0.4 is 16.1 Å². The molecular weight excluding hydrogens is 432 g/mol. The van der Waals surface area contributed by atoms with Crippen molar-refractivity contribution in [3.63, 3.8) is 0 Å². The Hall–Kier alpha value is -4.98. The number of nitrogens with zero attached hydrogens (tertiary/aromatic N) is 1. The van der Waals surface area contributed by atoms with E-state index in [1.54, 1.807) is 42.5 Å². The van der Waals surface area contributed by atoms with Gasteiger partial charge >= 0.3 is 11.8 Å². The van der Waals surface area contributed by atoms with E-state index in [1.807, 2.05) is 30.3 Å². The number of rotatable bonds is 5. The summed E-state index contributed by atoms with van der Waals surface area (Å²) in [6.45, 7) is 0. The smallest absolute Gasteiger partial charge is 0.329 e. The van der Waals surface area contributed by atoms with Crippen molar-refractivity contribution in [2.24, 2.45) is 5.10 Å². The van der Waals surface area contributed by atoms with Gasteiger partial charge in [0, 0.05) is 11.3 Å². The van der Waals surface area contributed by atoms with E-state index in [9.17, 15) is 19.5 Å². The Morgan fingerprint density at radius 1 is 0.735 bits per heavy atom. The molecule has 0 bridgehead atoms. The zero-order chi connectivity index (χ0) is 23.9. The van der Waals surface area contributed by atoms with E-state index in [-0.39, 0.29) is 17.0 Å². The molecule has 4 aromatic rings. The average molecular weight is 452 g/mol. The normalized spacial score (nSPS) is 10.7. The number of phenols is 1. The van der Waals surface area contributed by atoms with E-state index in [0.29, 0.717) is 11.3 Å². The van der Waals surface area contributed by atoms with Crippen molar-refractivity contribution in [3.05, 3.63) is 102 Å². The van der Waals surface area contributed by atoms with Crippen LogP contribution in [-0.2, 0) is 9.59 Å². The topological polar surface area (TPSA) is 120 Å². The molecule has 4 rings (SSSR count). The maximum absolute atomic E-state index is 12.6. The molecule has 0 radical (unpaired) electrons. The van der Waals surface area contributed by atoms with Crippen LogP contribution in [0.1, 0.15) is 15.9 Å². The van der Waals surface area contributed by atoms with Gasteiger partial charge in [0.25, 0.3) is 5.91 Å². The molecule has 8 heteroatoms. The lowest BCUT2D eigenvalue weighted by molar-refractivity contribution is -0.136. The number of hydrogen-bond donors (Lipinski definition) is 4. The van der Waals surface area contributed by atoms with E-state index in [1.165, 1.54) is 24.4 Å². The van der Waals surface area contributed by atoms with Gasteiger partial charge in [-0.15, -0.1) is 0 Å². The molecule has 0 unspecified atom stereocenters. The molecule has 34 heavy (non-hydrogen) atoms. The van der Waals surface area contributed by atoms with Crippen LogP contribution in [0.15, 0.2) is 96.1 Å². The molecule has 0 spiro atoms. The molecule has 0 aliphatic rings. The number of anilines is 2. The van der Waals surface area contributed by atoms with Gasteiger partial charge in [-0.05, 0) is 41.1 Å². The van der Waals surface area contributed by atoms with E-state index >= 15 is 0 Å². The van der Waals surface area contributed by atoms with Crippen molar-refractivity contribution in [2.45, 2.75) is 0 Å². The highest BCUT2D eigenvalue weighted by atomic mass is 16.3. The summed E-state index contributed by atoms with van der Waals surface area (Å²) in [6, 6.07) is 25.9. The van der Waals surface area contributed by atoms with Gasteiger partial charge in [-0.25, -0.2) is 5.43 Å².